The lowest BCUT2D eigenvalue weighted by Gasteiger charge is -2.03. The van der Waals surface area contributed by atoms with Crippen LogP contribution >= 0.6 is 0 Å². The van der Waals surface area contributed by atoms with E-state index in [1.165, 1.54) is 16.8 Å². The number of nitrogens with one attached hydrogen (secondary N) is 2. The molecule has 0 unspecified atom stereocenters. The number of anilines is 2. The van der Waals surface area contributed by atoms with Crippen LogP contribution in [0.15, 0.2) is 47.4 Å². The molecule has 0 aliphatic carbocycles. The number of hydrogen-bond donors (Lipinski definition) is 3. The van der Waals surface area contributed by atoms with Gasteiger partial charge in [0.25, 0.3) is 11.5 Å². The number of H-pyrrole nitrogens is 1. The smallest absolute Gasteiger partial charge is 0.274 e. The van der Waals surface area contributed by atoms with Gasteiger partial charge in [-0.1, -0.05) is 18.2 Å². The van der Waals surface area contributed by atoms with Crippen molar-refractivity contribution < 1.29 is 4.79 Å². The van der Waals surface area contributed by atoms with Crippen LogP contribution in [0.25, 0.3) is 5.65 Å². The third-order valence-electron chi connectivity index (χ3n) is 2.80. The molecule has 3 rings (SSSR count). The van der Waals surface area contributed by atoms with Gasteiger partial charge in [0.2, 0.25) is 0 Å². The van der Waals surface area contributed by atoms with Gasteiger partial charge >= 0.3 is 0 Å². The fraction of sp³-hybridized carbons (Fsp3) is 0. The molecule has 0 bridgehead atoms. The van der Waals surface area contributed by atoms with Gasteiger partial charge in [-0.05, 0) is 12.1 Å². The molecule has 1 aromatic carbocycles. The van der Waals surface area contributed by atoms with Gasteiger partial charge in [-0.2, -0.15) is 4.52 Å². The molecular weight excluding hydrogens is 258 g/mol. The number of aromatic amines is 1. The zero-order chi connectivity index (χ0) is 14.1. The van der Waals surface area contributed by atoms with Crippen molar-refractivity contribution in [1.82, 2.24) is 14.6 Å². The van der Waals surface area contributed by atoms with Crippen molar-refractivity contribution in [2.24, 2.45) is 0 Å². The van der Waals surface area contributed by atoms with E-state index in [0.29, 0.717) is 11.3 Å². The Morgan fingerprint density at radius 3 is 2.80 bits per heavy atom. The number of rotatable bonds is 2. The molecule has 0 fully saturated rings. The van der Waals surface area contributed by atoms with Crippen LogP contribution in [0.3, 0.4) is 0 Å². The van der Waals surface area contributed by atoms with Gasteiger partial charge in [0.15, 0.2) is 5.65 Å². The summed E-state index contributed by atoms with van der Waals surface area (Å²) in [7, 11) is 0. The molecular formula is C13H11N5O2. The molecule has 7 nitrogen and oxygen atoms in total. The van der Waals surface area contributed by atoms with Crippen LogP contribution in [0.1, 0.15) is 10.4 Å². The van der Waals surface area contributed by atoms with Crippen LogP contribution in [-0.4, -0.2) is 20.5 Å². The maximum atomic E-state index is 12.1. The molecule has 0 aliphatic heterocycles. The van der Waals surface area contributed by atoms with Crippen molar-refractivity contribution in [3.05, 3.63) is 58.5 Å². The Labute approximate surface area is 113 Å². The first-order valence-electron chi connectivity index (χ1n) is 5.88. The molecule has 2 aromatic heterocycles. The highest BCUT2D eigenvalue weighted by Gasteiger charge is 2.11. The Bertz CT molecular complexity index is 835. The van der Waals surface area contributed by atoms with Crippen LogP contribution in [0.4, 0.5) is 11.5 Å². The van der Waals surface area contributed by atoms with Gasteiger partial charge in [0, 0.05) is 17.8 Å². The number of hydrogen-bond acceptors (Lipinski definition) is 4. The lowest BCUT2D eigenvalue weighted by atomic mass is 10.2. The van der Waals surface area contributed by atoms with E-state index in [-0.39, 0.29) is 22.9 Å². The summed E-state index contributed by atoms with van der Waals surface area (Å²) in [6, 6.07) is 9.95. The molecule has 0 radical (unpaired) electrons. The average Bonchev–Trinajstić information content (AvgIpc) is 2.83. The molecule has 0 aliphatic rings. The van der Waals surface area contributed by atoms with E-state index in [1.807, 2.05) is 6.07 Å². The maximum Gasteiger partial charge on any atom is 0.274 e. The van der Waals surface area contributed by atoms with Crippen molar-refractivity contribution in [1.29, 1.82) is 0 Å². The second kappa shape index (κ2) is 4.54. The van der Waals surface area contributed by atoms with Gasteiger partial charge < -0.3 is 11.1 Å². The van der Waals surface area contributed by atoms with Crippen LogP contribution in [0.2, 0.25) is 0 Å². The van der Waals surface area contributed by atoms with Gasteiger partial charge in [-0.15, -0.1) is 0 Å². The van der Waals surface area contributed by atoms with Crippen molar-refractivity contribution in [3.8, 4) is 0 Å². The highest BCUT2D eigenvalue weighted by molar-refractivity contribution is 6.05. The second-order valence-electron chi connectivity index (χ2n) is 4.19. The number of aromatic nitrogens is 3. The summed E-state index contributed by atoms with van der Waals surface area (Å²) in [6.45, 7) is 0. The van der Waals surface area contributed by atoms with Gasteiger partial charge in [-0.25, -0.2) is 4.98 Å². The Kier molecular flexibility index (Phi) is 2.72. The predicted octanol–water partition coefficient (Wildman–Crippen LogP) is 0.857. The summed E-state index contributed by atoms with van der Waals surface area (Å²) in [6.07, 6.45) is 1.49. The number of carbonyl (C=O) groups is 1. The van der Waals surface area contributed by atoms with E-state index in [9.17, 15) is 9.59 Å². The fourth-order valence-electron chi connectivity index (χ4n) is 1.88. The molecule has 7 heteroatoms. The molecule has 0 saturated carbocycles. The number of carbonyl (C=O) groups excluding carboxylic acids is 1. The summed E-state index contributed by atoms with van der Waals surface area (Å²) in [5.74, 6) is -0.186. The van der Waals surface area contributed by atoms with Crippen LogP contribution in [0.5, 0.6) is 0 Å². The van der Waals surface area contributed by atoms with Crippen LogP contribution < -0.4 is 16.6 Å². The molecule has 100 valence electrons. The Morgan fingerprint density at radius 1 is 1.30 bits per heavy atom. The van der Waals surface area contributed by atoms with Crippen molar-refractivity contribution in [2.75, 3.05) is 11.1 Å². The Balaban J connectivity index is 2.00. The molecule has 3 aromatic rings. The van der Waals surface area contributed by atoms with E-state index < -0.39 is 0 Å². The van der Waals surface area contributed by atoms with E-state index in [2.05, 4.69) is 15.4 Å². The van der Waals surface area contributed by atoms with E-state index in [1.54, 1.807) is 24.3 Å². The number of benzene rings is 1. The highest BCUT2D eigenvalue weighted by atomic mass is 16.2. The molecule has 20 heavy (non-hydrogen) atoms. The number of nitrogens with zero attached hydrogens (tertiary/aromatic N) is 2. The molecule has 2 heterocycles. The number of amides is 1. The number of nitrogens with two attached hydrogens (primary N) is 1. The molecule has 1 amide bonds. The third kappa shape index (κ3) is 2.01. The fourth-order valence-corrected chi connectivity index (χ4v) is 1.88. The zero-order valence-corrected chi connectivity index (χ0v) is 10.3. The largest absolute Gasteiger partial charge is 0.383 e. The minimum atomic E-state index is -0.340. The minimum Gasteiger partial charge on any atom is -0.383 e. The monoisotopic (exact) mass is 269 g/mol. The average molecular weight is 269 g/mol. The topological polar surface area (TPSA) is 105 Å². The summed E-state index contributed by atoms with van der Waals surface area (Å²) in [4.78, 5) is 27.8. The Hall–Kier alpha value is -3.09. The molecule has 0 atom stereocenters. The quantitative estimate of drug-likeness (QED) is 0.641. The number of nitrogen functional groups attached to an aromatic ring is 1. The maximum absolute atomic E-state index is 12.1. The van der Waals surface area contributed by atoms with Gasteiger partial charge in [0.1, 0.15) is 11.5 Å². The predicted molar refractivity (Wildman–Crippen MR) is 74.6 cm³/mol. The van der Waals surface area contributed by atoms with Crippen molar-refractivity contribution in [3.63, 3.8) is 0 Å². The third-order valence-corrected chi connectivity index (χ3v) is 2.80. The standard InChI is InChI=1S/C13H11N5O2/c14-10-6-11(19)18-12(17-10)9(7-15-18)16-13(20)8-4-2-1-3-5-8/h1-7,15H,14H2,(H,16,20). The lowest BCUT2D eigenvalue weighted by molar-refractivity contribution is 0.102. The van der Waals surface area contributed by atoms with Crippen LogP contribution in [-0.2, 0) is 0 Å². The van der Waals surface area contributed by atoms with Gasteiger partial charge in [0.05, 0.1) is 0 Å². The summed E-state index contributed by atoms with van der Waals surface area (Å²) < 4.78 is 1.21. The molecule has 0 spiro atoms. The summed E-state index contributed by atoms with van der Waals surface area (Å²) in [5, 5.41) is 5.40. The summed E-state index contributed by atoms with van der Waals surface area (Å²) in [5.41, 5.74) is 6.38. The van der Waals surface area contributed by atoms with E-state index in [0.717, 1.165) is 0 Å². The Morgan fingerprint density at radius 2 is 2.05 bits per heavy atom. The first-order valence-corrected chi connectivity index (χ1v) is 5.88. The lowest BCUT2D eigenvalue weighted by Crippen LogP contribution is -2.16. The van der Waals surface area contributed by atoms with E-state index in [4.69, 9.17) is 5.73 Å². The van der Waals surface area contributed by atoms with E-state index >= 15 is 0 Å². The molecule has 0 saturated heterocycles. The SMILES string of the molecule is Nc1cc(=O)n2[nH]cc(NC(=O)c3ccccc3)c2n1. The first kappa shape index (κ1) is 12.0. The van der Waals surface area contributed by atoms with Gasteiger partial charge in [-0.3, -0.25) is 14.7 Å². The van der Waals surface area contributed by atoms with Crippen molar-refractivity contribution in [2.45, 2.75) is 0 Å². The van der Waals surface area contributed by atoms with Crippen molar-refractivity contribution >= 4 is 23.1 Å². The van der Waals surface area contributed by atoms with Crippen LogP contribution in [0, 0.1) is 0 Å². The second-order valence-corrected chi connectivity index (χ2v) is 4.19. The minimum absolute atomic E-state index is 0.102. The highest BCUT2D eigenvalue weighted by Crippen LogP contribution is 2.14. The first-order chi connectivity index (χ1) is 9.65. The zero-order valence-electron chi connectivity index (χ0n) is 10.3. The molecule has 4 N–H and O–H groups in total. The summed E-state index contributed by atoms with van der Waals surface area (Å²) >= 11 is 0. The normalized spacial score (nSPS) is 10.6. The number of fused-ring (bicyclic) bond motifs is 1.